The largest absolute Gasteiger partial charge is 0.299 e. The van der Waals surface area contributed by atoms with E-state index in [2.05, 4.69) is 0 Å². The van der Waals surface area contributed by atoms with E-state index in [0.29, 0.717) is 18.8 Å². The molecule has 2 unspecified atom stereocenters. The molecule has 0 aromatic rings. The van der Waals surface area contributed by atoms with Gasteiger partial charge in [-0.1, -0.05) is 25.7 Å². The van der Waals surface area contributed by atoms with Crippen LogP contribution >= 0.6 is 0 Å². The predicted octanol–water partition coefficient (Wildman–Crippen LogP) is 2.88. The smallest absolute Gasteiger partial charge is 0.142 e. The normalized spacial score (nSPS) is 39.4. The fourth-order valence-corrected chi connectivity index (χ4v) is 2.31. The molecule has 2 heteroatoms. The zero-order chi connectivity index (χ0) is 9.47. The van der Waals surface area contributed by atoms with Gasteiger partial charge in [0.25, 0.3) is 0 Å². The summed E-state index contributed by atoms with van der Waals surface area (Å²) >= 11 is 0. The first kappa shape index (κ1) is 9.17. The van der Waals surface area contributed by atoms with Gasteiger partial charge in [-0.05, 0) is 19.3 Å². The summed E-state index contributed by atoms with van der Waals surface area (Å²) in [6.45, 7) is 1.77. The van der Waals surface area contributed by atoms with Gasteiger partial charge in [-0.25, -0.2) is 4.39 Å². The highest BCUT2D eigenvalue weighted by atomic mass is 19.1. The zero-order valence-corrected chi connectivity index (χ0v) is 8.18. The monoisotopic (exact) mass is 184 g/mol. The van der Waals surface area contributed by atoms with E-state index in [-0.39, 0.29) is 5.78 Å². The summed E-state index contributed by atoms with van der Waals surface area (Å²) in [5, 5.41) is 0. The molecule has 2 saturated carbocycles. The standard InChI is InChI=1S/C11H17FO/c1-11(7-9(11)12)10(13)6-8-4-2-3-5-8/h8-9H,2-7H2,1H3. The Labute approximate surface area is 78.7 Å². The second-order valence-corrected chi connectivity index (χ2v) is 4.87. The Balaban J connectivity index is 1.85. The van der Waals surface area contributed by atoms with Crippen LogP contribution in [0.3, 0.4) is 0 Å². The quantitative estimate of drug-likeness (QED) is 0.659. The molecular weight excluding hydrogens is 167 g/mol. The van der Waals surface area contributed by atoms with Gasteiger partial charge in [-0.3, -0.25) is 4.79 Å². The third-order valence-electron chi connectivity index (χ3n) is 3.72. The number of ketones is 1. The van der Waals surface area contributed by atoms with Gasteiger partial charge in [0.2, 0.25) is 0 Å². The van der Waals surface area contributed by atoms with E-state index < -0.39 is 11.6 Å². The van der Waals surface area contributed by atoms with Crippen molar-refractivity contribution in [2.24, 2.45) is 11.3 Å². The van der Waals surface area contributed by atoms with Crippen LogP contribution in [0.25, 0.3) is 0 Å². The number of carbonyl (C=O) groups is 1. The maximum absolute atomic E-state index is 12.9. The Kier molecular flexibility index (Phi) is 2.17. The van der Waals surface area contributed by atoms with Crippen LogP contribution in [0.1, 0.15) is 45.4 Å². The van der Waals surface area contributed by atoms with Crippen molar-refractivity contribution in [2.75, 3.05) is 0 Å². The predicted molar refractivity (Wildman–Crippen MR) is 49.2 cm³/mol. The minimum atomic E-state index is -0.846. The van der Waals surface area contributed by atoms with Crippen molar-refractivity contribution in [3.05, 3.63) is 0 Å². The molecule has 0 radical (unpaired) electrons. The number of Topliss-reactive ketones (excluding diaryl/α,β-unsaturated/α-hetero) is 1. The second kappa shape index (κ2) is 3.07. The molecule has 74 valence electrons. The van der Waals surface area contributed by atoms with Gasteiger partial charge in [-0.15, -0.1) is 0 Å². The van der Waals surface area contributed by atoms with Crippen LogP contribution in [0.2, 0.25) is 0 Å². The van der Waals surface area contributed by atoms with E-state index in [1.54, 1.807) is 6.92 Å². The van der Waals surface area contributed by atoms with Crippen molar-refractivity contribution in [3.8, 4) is 0 Å². The SMILES string of the molecule is CC1(C(=O)CC2CCCC2)CC1F. The molecule has 2 fully saturated rings. The van der Waals surface area contributed by atoms with Crippen LogP contribution in [0.5, 0.6) is 0 Å². The fraction of sp³-hybridized carbons (Fsp3) is 0.909. The first-order chi connectivity index (χ1) is 6.13. The minimum absolute atomic E-state index is 0.173. The van der Waals surface area contributed by atoms with Gasteiger partial charge >= 0.3 is 0 Å². The summed E-state index contributed by atoms with van der Waals surface area (Å²) in [6, 6.07) is 0. The van der Waals surface area contributed by atoms with Crippen molar-refractivity contribution in [3.63, 3.8) is 0 Å². The van der Waals surface area contributed by atoms with Crippen LogP contribution in [0, 0.1) is 11.3 Å². The van der Waals surface area contributed by atoms with E-state index in [4.69, 9.17) is 0 Å². The Bertz CT molecular complexity index is 220. The molecule has 2 aliphatic carbocycles. The number of rotatable bonds is 3. The maximum Gasteiger partial charge on any atom is 0.142 e. The lowest BCUT2D eigenvalue weighted by molar-refractivity contribution is -0.125. The van der Waals surface area contributed by atoms with Crippen molar-refractivity contribution in [2.45, 2.75) is 51.6 Å². The highest BCUT2D eigenvalue weighted by molar-refractivity contribution is 5.88. The maximum atomic E-state index is 12.9. The average molecular weight is 184 g/mol. The van der Waals surface area contributed by atoms with E-state index >= 15 is 0 Å². The number of hydrogen-bond acceptors (Lipinski definition) is 1. The molecule has 13 heavy (non-hydrogen) atoms. The van der Waals surface area contributed by atoms with E-state index in [1.807, 2.05) is 0 Å². The zero-order valence-electron chi connectivity index (χ0n) is 8.18. The van der Waals surface area contributed by atoms with Gasteiger partial charge in [0, 0.05) is 6.42 Å². The van der Waals surface area contributed by atoms with Gasteiger partial charge < -0.3 is 0 Å². The minimum Gasteiger partial charge on any atom is -0.299 e. The van der Waals surface area contributed by atoms with Gasteiger partial charge in [0.05, 0.1) is 5.41 Å². The Morgan fingerprint density at radius 3 is 2.46 bits per heavy atom. The van der Waals surface area contributed by atoms with Crippen LogP contribution in [-0.4, -0.2) is 12.0 Å². The first-order valence-corrected chi connectivity index (χ1v) is 5.30. The topological polar surface area (TPSA) is 17.1 Å². The third kappa shape index (κ3) is 1.63. The van der Waals surface area contributed by atoms with Crippen LogP contribution in [0.4, 0.5) is 4.39 Å². The lowest BCUT2D eigenvalue weighted by Crippen LogP contribution is -2.17. The summed E-state index contributed by atoms with van der Waals surface area (Å²) in [4.78, 5) is 11.7. The molecule has 1 nitrogen and oxygen atoms in total. The summed E-state index contributed by atoms with van der Waals surface area (Å²) < 4.78 is 12.9. The number of carbonyl (C=O) groups excluding carboxylic acids is 1. The molecule has 0 aromatic heterocycles. The van der Waals surface area contributed by atoms with Crippen molar-refractivity contribution in [1.82, 2.24) is 0 Å². The highest BCUT2D eigenvalue weighted by Crippen LogP contribution is 2.50. The molecular formula is C11H17FO. The fourth-order valence-electron chi connectivity index (χ4n) is 2.31. The number of halogens is 1. The van der Waals surface area contributed by atoms with Crippen LogP contribution < -0.4 is 0 Å². The molecule has 0 N–H and O–H groups in total. The van der Waals surface area contributed by atoms with Crippen molar-refractivity contribution in [1.29, 1.82) is 0 Å². The number of alkyl halides is 1. The number of hydrogen-bond donors (Lipinski definition) is 0. The molecule has 2 aliphatic rings. The van der Waals surface area contributed by atoms with Crippen molar-refractivity contribution >= 4 is 5.78 Å². The van der Waals surface area contributed by atoms with E-state index in [9.17, 15) is 9.18 Å². The summed E-state index contributed by atoms with van der Waals surface area (Å²) in [7, 11) is 0. The first-order valence-electron chi connectivity index (χ1n) is 5.30. The third-order valence-corrected chi connectivity index (χ3v) is 3.72. The molecule has 0 saturated heterocycles. The average Bonchev–Trinajstić information content (AvgIpc) is 2.53. The molecule has 0 bridgehead atoms. The second-order valence-electron chi connectivity index (χ2n) is 4.87. The van der Waals surface area contributed by atoms with Crippen molar-refractivity contribution < 1.29 is 9.18 Å². The molecule has 0 aliphatic heterocycles. The summed E-state index contributed by atoms with van der Waals surface area (Å²) in [5.41, 5.74) is -0.581. The summed E-state index contributed by atoms with van der Waals surface area (Å²) in [5.74, 6) is 0.740. The molecule has 0 aromatic carbocycles. The Morgan fingerprint density at radius 1 is 1.46 bits per heavy atom. The Morgan fingerprint density at radius 2 is 2.00 bits per heavy atom. The van der Waals surface area contributed by atoms with Gasteiger partial charge in [-0.2, -0.15) is 0 Å². The van der Waals surface area contributed by atoms with Crippen LogP contribution in [0.15, 0.2) is 0 Å². The molecule has 2 atom stereocenters. The van der Waals surface area contributed by atoms with E-state index in [0.717, 1.165) is 0 Å². The van der Waals surface area contributed by atoms with Gasteiger partial charge in [0.15, 0.2) is 0 Å². The highest BCUT2D eigenvalue weighted by Gasteiger charge is 2.56. The molecule has 0 spiro atoms. The Hall–Kier alpha value is -0.400. The molecule has 0 heterocycles. The van der Waals surface area contributed by atoms with Crippen LogP contribution in [-0.2, 0) is 4.79 Å². The lowest BCUT2D eigenvalue weighted by Gasteiger charge is -2.11. The lowest BCUT2D eigenvalue weighted by atomic mass is 9.92. The van der Waals surface area contributed by atoms with E-state index in [1.165, 1.54) is 25.7 Å². The van der Waals surface area contributed by atoms with Gasteiger partial charge in [0.1, 0.15) is 12.0 Å². The molecule has 2 rings (SSSR count). The summed E-state index contributed by atoms with van der Waals surface area (Å²) in [6.07, 6.45) is 5.13. The molecule has 0 amide bonds.